The Bertz CT molecular complexity index is 954. The van der Waals surface area contributed by atoms with Gasteiger partial charge in [-0.1, -0.05) is 36.4 Å². The van der Waals surface area contributed by atoms with Crippen LogP contribution in [0.15, 0.2) is 61.2 Å². The Labute approximate surface area is 169 Å². The second kappa shape index (κ2) is 9.50. The molecule has 0 fully saturated rings. The van der Waals surface area contributed by atoms with Crippen LogP contribution in [0.4, 0.5) is 10.5 Å². The van der Waals surface area contributed by atoms with E-state index in [0.29, 0.717) is 18.8 Å². The number of amides is 3. The van der Waals surface area contributed by atoms with Crippen LogP contribution in [0, 0.1) is 0 Å². The summed E-state index contributed by atoms with van der Waals surface area (Å²) in [5, 5.41) is 12.6. The number of rotatable bonds is 7. The number of urea groups is 1. The van der Waals surface area contributed by atoms with Crippen molar-refractivity contribution in [3.05, 3.63) is 77.9 Å². The number of benzene rings is 2. The van der Waals surface area contributed by atoms with Gasteiger partial charge in [-0.05, 0) is 35.7 Å². The topological polar surface area (TPSA) is 101 Å². The molecule has 0 aliphatic carbocycles. The van der Waals surface area contributed by atoms with Crippen molar-refractivity contribution in [2.75, 3.05) is 5.32 Å². The molecule has 0 spiro atoms. The summed E-state index contributed by atoms with van der Waals surface area (Å²) in [5.41, 5.74) is 3.72. The fraction of sp³-hybridized carbons (Fsp3) is 0.238. The molecular weight excluding hydrogens is 368 g/mol. The van der Waals surface area contributed by atoms with Crippen molar-refractivity contribution in [3.8, 4) is 0 Å². The number of hydrogen-bond donors (Lipinski definition) is 3. The number of nitrogens with zero attached hydrogens (tertiary/aromatic N) is 3. The Hall–Kier alpha value is -3.68. The molecule has 1 heterocycles. The van der Waals surface area contributed by atoms with Crippen molar-refractivity contribution >= 4 is 17.6 Å². The fourth-order valence-corrected chi connectivity index (χ4v) is 2.87. The van der Waals surface area contributed by atoms with Gasteiger partial charge in [0, 0.05) is 19.2 Å². The second-order valence-electron chi connectivity index (χ2n) is 6.76. The number of carbonyl (C=O) groups is 2. The van der Waals surface area contributed by atoms with Crippen LogP contribution in [-0.2, 0) is 17.9 Å². The van der Waals surface area contributed by atoms with Crippen molar-refractivity contribution in [3.63, 3.8) is 0 Å². The van der Waals surface area contributed by atoms with Gasteiger partial charge in [-0.2, -0.15) is 5.10 Å². The summed E-state index contributed by atoms with van der Waals surface area (Å²) < 4.78 is 1.75. The van der Waals surface area contributed by atoms with Crippen LogP contribution >= 0.6 is 0 Å². The first-order valence-electron chi connectivity index (χ1n) is 9.32. The van der Waals surface area contributed by atoms with E-state index in [1.807, 2.05) is 55.5 Å². The standard InChI is InChI=1S/C21H24N6O2/c1-15(19-4-3-5-20(10-19)26-16(2)28)25-21(29)23-11-17-6-8-18(9-7-17)12-27-14-22-13-24-27/h3-10,13-15H,11-12H2,1-2H3,(H,26,28)(H2,23,25,29)/t15-/m0/s1. The molecule has 0 bridgehead atoms. The van der Waals surface area contributed by atoms with E-state index in [2.05, 4.69) is 26.0 Å². The minimum Gasteiger partial charge on any atom is -0.334 e. The maximum Gasteiger partial charge on any atom is 0.315 e. The molecule has 29 heavy (non-hydrogen) atoms. The lowest BCUT2D eigenvalue weighted by molar-refractivity contribution is -0.114. The van der Waals surface area contributed by atoms with Gasteiger partial charge in [0.15, 0.2) is 0 Å². The van der Waals surface area contributed by atoms with Gasteiger partial charge >= 0.3 is 6.03 Å². The molecular formula is C21H24N6O2. The zero-order valence-corrected chi connectivity index (χ0v) is 16.4. The van der Waals surface area contributed by atoms with Gasteiger partial charge in [-0.25, -0.2) is 14.5 Å². The summed E-state index contributed by atoms with van der Waals surface area (Å²) in [5.74, 6) is -0.132. The van der Waals surface area contributed by atoms with Crippen LogP contribution in [0.2, 0.25) is 0 Å². The smallest absolute Gasteiger partial charge is 0.315 e. The molecule has 150 valence electrons. The largest absolute Gasteiger partial charge is 0.334 e. The van der Waals surface area contributed by atoms with Gasteiger partial charge in [0.05, 0.1) is 12.6 Å². The molecule has 1 atom stereocenters. The SMILES string of the molecule is CC(=O)Nc1cccc([C@H](C)NC(=O)NCc2ccc(Cn3cncn3)cc2)c1. The Morgan fingerprint density at radius 1 is 1.10 bits per heavy atom. The Morgan fingerprint density at radius 3 is 2.55 bits per heavy atom. The highest BCUT2D eigenvalue weighted by Gasteiger charge is 2.10. The Balaban J connectivity index is 1.48. The summed E-state index contributed by atoms with van der Waals surface area (Å²) in [7, 11) is 0. The normalized spacial score (nSPS) is 11.5. The van der Waals surface area contributed by atoms with Crippen molar-refractivity contribution < 1.29 is 9.59 Å². The predicted molar refractivity (Wildman–Crippen MR) is 110 cm³/mol. The molecule has 0 aliphatic heterocycles. The summed E-state index contributed by atoms with van der Waals surface area (Å²) in [6.45, 7) is 4.44. The number of anilines is 1. The van der Waals surface area contributed by atoms with Gasteiger partial charge < -0.3 is 16.0 Å². The first-order valence-corrected chi connectivity index (χ1v) is 9.32. The van der Waals surface area contributed by atoms with Crippen molar-refractivity contribution in [1.29, 1.82) is 0 Å². The maximum atomic E-state index is 12.2. The summed E-state index contributed by atoms with van der Waals surface area (Å²) in [6.07, 6.45) is 3.18. The molecule has 3 N–H and O–H groups in total. The fourth-order valence-electron chi connectivity index (χ4n) is 2.87. The molecule has 0 saturated heterocycles. The van der Waals surface area contributed by atoms with Crippen molar-refractivity contribution in [2.24, 2.45) is 0 Å². The molecule has 8 nitrogen and oxygen atoms in total. The molecule has 8 heteroatoms. The predicted octanol–water partition coefficient (Wildman–Crippen LogP) is 2.85. The molecule has 0 aliphatic rings. The third-order valence-corrected chi connectivity index (χ3v) is 4.34. The number of nitrogens with one attached hydrogen (secondary N) is 3. The highest BCUT2D eigenvalue weighted by Crippen LogP contribution is 2.17. The zero-order chi connectivity index (χ0) is 20.6. The molecule has 0 saturated carbocycles. The monoisotopic (exact) mass is 392 g/mol. The van der Waals surface area contributed by atoms with Crippen molar-refractivity contribution in [1.82, 2.24) is 25.4 Å². The number of carbonyl (C=O) groups excluding carboxylic acids is 2. The van der Waals surface area contributed by atoms with E-state index in [1.54, 1.807) is 11.0 Å². The van der Waals surface area contributed by atoms with Gasteiger partial charge in [-0.15, -0.1) is 0 Å². The average molecular weight is 392 g/mol. The first-order chi connectivity index (χ1) is 14.0. The summed E-state index contributed by atoms with van der Waals surface area (Å²) in [6, 6.07) is 14.9. The maximum absolute atomic E-state index is 12.2. The van der Waals surface area contributed by atoms with E-state index in [1.165, 1.54) is 13.3 Å². The van der Waals surface area contributed by atoms with Crippen molar-refractivity contribution in [2.45, 2.75) is 33.0 Å². The lowest BCUT2D eigenvalue weighted by Crippen LogP contribution is -2.36. The molecule has 1 aromatic heterocycles. The van der Waals surface area contributed by atoms with Crippen LogP contribution in [0.25, 0.3) is 0 Å². The van der Waals surface area contributed by atoms with Crippen LogP contribution in [-0.4, -0.2) is 26.7 Å². The Kier molecular flexibility index (Phi) is 6.57. The van der Waals surface area contributed by atoms with Crippen LogP contribution < -0.4 is 16.0 Å². The first kappa shape index (κ1) is 20.1. The highest BCUT2D eigenvalue weighted by molar-refractivity contribution is 5.88. The van der Waals surface area contributed by atoms with Gasteiger partial charge in [0.2, 0.25) is 5.91 Å². The van der Waals surface area contributed by atoms with E-state index in [0.717, 1.165) is 16.7 Å². The van der Waals surface area contributed by atoms with Crippen LogP contribution in [0.5, 0.6) is 0 Å². The molecule has 3 aromatic rings. The molecule has 3 amide bonds. The van der Waals surface area contributed by atoms with Gasteiger partial charge in [0.1, 0.15) is 12.7 Å². The van der Waals surface area contributed by atoms with Gasteiger partial charge in [-0.3, -0.25) is 4.79 Å². The minimum absolute atomic E-state index is 0.132. The number of hydrogen-bond acceptors (Lipinski definition) is 4. The quantitative estimate of drug-likeness (QED) is 0.575. The third kappa shape index (κ3) is 6.17. The molecule has 0 radical (unpaired) electrons. The molecule has 0 unspecified atom stereocenters. The minimum atomic E-state index is -0.255. The number of aromatic nitrogens is 3. The van der Waals surface area contributed by atoms with Crippen LogP contribution in [0.3, 0.4) is 0 Å². The average Bonchev–Trinajstić information content (AvgIpc) is 3.20. The van der Waals surface area contributed by atoms with E-state index in [-0.39, 0.29) is 18.0 Å². The molecule has 3 rings (SSSR count). The zero-order valence-electron chi connectivity index (χ0n) is 16.4. The Morgan fingerprint density at radius 2 is 1.86 bits per heavy atom. The lowest BCUT2D eigenvalue weighted by Gasteiger charge is -2.16. The lowest BCUT2D eigenvalue weighted by atomic mass is 10.1. The van der Waals surface area contributed by atoms with E-state index in [9.17, 15) is 9.59 Å². The van der Waals surface area contributed by atoms with E-state index in [4.69, 9.17) is 0 Å². The third-order valence-electron chi connectivity index (χ3n) is 4.34. The van der Waals surface area contributed by atoms with E-state index < -0.39 is 0 Å². The molecule has 2 aromatic carbocycles. The van der Waals surface area contributed by atoms with Gasteiger partial charge in [0.25, 0.3) is 0 Å². The van der Waals surface area contributed by atoms with E-state index >= 15 is 0 Å². The highest BCUT2D eigenvalue weighted by atomic mass is 16.2. The summed E-state index contributed by atoms with van der Waals surface area (Å²) in [4.78, 5) is 27.4. The summed E-state index contributed by atoms with van der Waals surface area (Å²) >= 11 is 0. The second-order valence-corrected chi connectivity index (χ2v) is 6.76. The van der Waals surface area contributed by atoms with Crippen LogP contribution in [0.1, 0.15) is 36.6 Å².